The lowest BCUT2D eigenvalue weighted by Gasteiger charge is -2.42. The van der Waals surface area contributed by atoms with Crippen LogP contribution in [0.2, 0.25) is 0 Å². The van der Waals surface area contributed by atoms with Crippen molar-refractivity contribution >= 4 is 46.3 Å². The predicted molar refractivity (Wildman–Crippen MR) is 156 cm³/mol. The van der Waals surface area contributed by atoms with E-state index < -0.39 is 35.0 Å². The standard InChI is InChI=1S/C31H33F3N6O4/c32-31(33,34)30(8-9-30)28(44)39-12-10-29(17-36,11-13-39)37-16-18(15-35)14-19-4-5-22-25-20(19)2-1-3-21(25)27(43)40(22)23-6-7-24(41)38-26(23)42/h1-5,15-16,23,35,37H,6-14,17,36H2,(H,38,41,42)/b18-16-,35-15?. The molecule has 5 N–H and O–H groups in total. The van der Waals surface area contributed by atoms with Crippen molar-refractivity contribution in [3.8, 4) is 0 Å². The zero-order chi connectivity index (χ0) is 31.4. The van der Waals surface area contributed by atoms with Gasteiger partial charge in [-0.2, -0.15) is 13.2 Å². The van der Waals surface area contributed by atoms with Crippen molar-refractivity contribution in [3.05, 3.63) is 53.2 Å². The van der Waals surface area contributed by atoms with Gasteiger partial charge in [0.25, 0.3) is 5.91 Å². The minimum atomic E-state index is -4.55. The fourth-order valence-electron chi connectivity index (χ4n) is 6.66. The summed E-state index contributed by atoms with van der Waals surface area (Å²) >= 11 is 0. The van der Waals surface area contributed by atoms with Crippen LogP contribution in [0.4, 0.5) is 18.9 Å². The van der Waals surface area contributed by atoms with E-state index in [-0.39, 0.29) is 57.1 Å². The van der Waals surface area contributed by atoms with E-state index in [1.165, 1.54) is 16.0 Å². The van der Waals surface area contributed by atoms with Crippen LogP contribution in [0.3, 0.4) is 0 Å². The Kier molecular flexibility index (Phi) is 7.26. The van der Waals surface area contributed by atoms with Crippen molar-refractivity contribution in [3.63, 3.8) is 0 Å². The van der Waals surface area contributed by atoms with E-state index in [1.807, 2.05) is 12.1 Å². The second-order valence-corrected chi connectivity index (χ2v) is 12.2. The molecule has 44 heavy (non-hydrogen) atoms. The topological polar surface area (TPSA) is 149 Å². The third kappa shape index (κ3) is 4.83. The molecule has 1 atom stereocenters. The number of hydrogen-bond acceptors (Lipinski definition) is 7. The molecular formula is C31H33F3N6O4. The lowest BCUT2D eigenvalue weighted by Crippen LogP contribution is -2.58. The summed E-state index contributed by atoms with van der Waals surface area (Å²) in [5, 5.41) is 15.2. The number of benzene rings is 2. The first-order chi connectivity index (χ1) is 20.9. The van der Waals surface area contributed by atoms with Gasteiger partial charge in [-0.25, -0.2) is 0 Å². The van der Waals surface area contributed by atoms with E-state index in [9.17, 15) is 32.3 Å². The van der Waals surface area contributed by atoms with E-state index in [0.29, 0.717) is 41.5 Å². The maximum Gasteiger partial charge on any atom is 0.403 e. The van der Waals surface area contributed by atoms with E-state index in [1.54, 1.807) is 24.4 Å². The molecule has 0 aromatic heterocycles. The van der Waals surface area contributed by atoms with Crippen molar-refractivity contribution < 1.29 is 32.3 Å². The number of hydrogen-bond donors (Lipinski definition) is 4. The van der Waals surface area contributed by atoms with Gasteiger partial charge in [0.1, 0.15) is 11.5 Å². The van der Waals surface area contributed by atoms with Crippen LogP contribution in [0.5, 0.6) is 0 Å². The van der Waals surface area contributed by atoms with Gasteiger partial charge < -0.3 is 21.4 Å². The Labute approximate surface area is 251 Å². The average Bonchev–Trinajstić information content (AvgIpc) is 3.78. The maximum absolute atomic E-state index is 13.5. The molecule has 2 aromatic carbocycles. The number of carbonyl (C=O) groups is 4. The number of nitrogens with one attached hydrogen (secondary N) is 3. The second kappa shape index (κ2) is 10.7. The molecule has 232 valence electrons. The third-order valence-electron chi connectivity index (χ3n) is 9.58. The molecule has 2 aromatic rings. The molecule has 3 aliphatic heterocycles. The molecule has 1 unspecified atom stereocenters. The smallest absolute Gasteiger partial charge is 0.384 e. The van der Waals surface area contributed by atoms with Crippen LogP contribution in [-0.4, -0.2) is 72.1 Å². The molecule has 1 aliphatic carbocycles. The fourth-order valence-corrected chi connectivity index (χ4v) is 6.66. The van der Waals surface area contributed by atoms with Crippen molar-refractivity contribution in [1.29, 1.82) is 5.41 Å². The summed E-state index contributed by atoms with van der Waals surface area (Å²) < 4.78 is 40.5. The highest BCUT2D eigenvalue weighted by Gasteiger charge is 2.69. The second-order valence-electron chi connectivity index (χ2n) is 12.2. The Hall–Kier alpha value is -4.26. The lowest BCUT2D eigenvalue weighted by atomic mass is 9.86. The number of allylic oxidation sites excluding steroid dienone is 1. The molecule has 2 saturated heterocycles. The third-order valence-corrected chi connectivity index (χ3v) is 9.58. The van der Waals surface area contributed by atoms with Crippen molar-refractivity contribution in [2.45, 2.75) is 62.7 Å². The molecule has 0 spiro atoms. The highest BCUT2D eigenvalue weighted by Crippen LogP contribution is 2.58. The molecule has 6 rings (SSSR count). The number of anilines is 1. The summed E-state index contributed by atoms with van der Waals surface area (Å²) in [6, 6.07) is 8.21. The van der Waals surface area contributed by atoms with E-state index in [2.05, 4.69) is 10.6 Å². The Bertz CT molecular complexity index is 1610. The van der Waals surface area contributed by atoms with Gasteiger partial charge >= 0.3 is 6.18 Å². The van der Waals surface area contributed by atoms with Crippen molar-refractivity contribution in [1.82, 2.24) is 15.5 Å². The molecule has 13 heteroatoms. The molecule has 0 bridgehead atoms. The highest BCUT2D eigenvalue weighted by atomic mass is 19.4. The van der Waals surface area contributed by atoms with Crippen LogP contribution < -0.4 is 21.3 Å². The molecule has 4 amide bonds. The zero-order valence-electron chi connectivity index (χ0n) is 23.9. The number of imide groups is 1. The van der Waals surface area contributed by atoms with Crippen LogP contribution in [-0.2, 0) is 20.8 Å². The lowest BCUT2D eigenvalue weighted by molar-refractivity contribution is -0.199. The number of piperidine rings is 2. The van der Waals surface area contributed by atoms with Gasteiger partial charge in [0.2, 0.25) is 17.7 Å². The van der Waals surface area contributed by atoms with E-state index >= 15 is 0 Å². The molecule has 0 radical (unpaired) electrons. The quantitative estimate of drug-likeness (QED) is 0.267. The number of nitrogens with zero attached hydrogens (tertiary/aromatic N) is 2. The van der Waals surface area contributed by atoms with Gasteiger partial charge in [-0.15, -0.1) is 0 Å². The van der Waals surface area contributed by atoms with Gasteiger partial charge in [-0.1, -0.05) is 18.2 Å². The van der Waals surface area contributed by atoms with Crippen LogP contribution in [0.1, 0.15) is 54.4 Å². The average molecular weight is 611 g/mol. The summed E-state index contributed by atoms with van der Waals surface area (Å²) in [6.45, 7) is 0.503. The van der Waals surface area contributed by atoms with E-state index in [4.69, 9.17) is 11.1 Å². The maximum atomic E-state index is 13.5. The number of alkyl halides is 3. The number of likely N-dealkylation sites (tertiary alicyclic amines) is 1. The van der Waals surface area contributed by atoms with Crippen LogP contribution >= 0.6 is 0 Å². The van der Waals surface area contributed by atoms with Gasteiger partial charge in [0.15, 0.2) is 0 Å². The summed E-state index contributed by atoms with van der Waals surface area (Å²) in [5.41, 5.74) is 5.75. The Morgan fingerprint density at radius 1 is 1.11 bits per heavy atom. The monoisotopic (exact) mass is 610 g/mol. The van der Waals surface area contributed by atoms with Gasteiger partial charge in [-0.05, 0) is 60.8 Å². The van der Waals surface area contributed by atoms with Crippen molar-refractivity contribution in [2.24, 2.45) is 11.1 Å². The molecule has 10 nitrogen and oxygen atoms in total. The van der Waals surface area contributed by atoms with Gasteiger partial charge in [0.05, 0.1) is 11.2 Å². The molecule has 3 fully saturated rings. The first kappa shape index (κ1) is 29.8. The fraction of sp³-hybridized carbons (Fsp3) is 0.452. The van der Waals surface area contributed by atoms with Crippen LogP contribution in [0.25, 0.3) is 10.8 Å². The normalized spacial score (nSPS) is 22.7. The summed E-state index contributed by atoms with van der Waals surface area (Å²) in [4.78, 5) is 53.2. The first-order valence-corrected chi connectivity index (χ1v) is 14.7. The van der Waals surface area contributed by atoms with Gasteiger partial charge in [-0.3, -0.25) is 29.4 Å². The number of amides is 4. The summed E-state index contributed by atoms with van der Waals surface area (Å²) in [6.07, 6.45) is -0.541. The number of halogens is 3. The SMILES string of the molecule is N=C/C(=C\NC1(CN)CCN(C(=O)C2(C(F)(F)F)CC2)CC1)Cc1ccc2c3c(cccc13)C(=O)N2C1CCC(=O)NC1=O. The molecular weight excluding hydrogens is 577 g/mol. The number of rotatable bonds is 8. The molecule has 1 saturated carbocycles. The predicted octanol–water partition coefficient (Wildman–Crippen LogP) is 2.93. The number of carbonyl (C=O) groups excluding carboxylic acids is 4. The van der Waals surface area contributed by atoms with E-state index in [0.717, 1.165) is 10.9 Å². The zero-order valence-corrected chi connectivity index (χ0v) is 23.9. The summed E-state index contributed by atoms with van der Waals surface area (Å²) in [7, 11) is 0. The number of nitrogens with two attached hydrogens (primary N) is 1. The minimum Gasteiger partial charge on any atom is -0.384 e. The first-order valence-electron chi connectivity index (χ1n) is 14.7. The Morgan fingerprint density at radius 3 is 2.45 bits per heavy atom. The Morgan fingerprint density at radius 2 is 1.84 bits per heavy atom. The largest absolute Gasteiger partial charge is 0.403 e. The Balaban J connectivity index is 1.19. The highest BCUT2D eigenvalue weighted by molar-refractivity contribution is 6.27. The van der Waals surface area contributed by atoms with Gasteiger partial charge in [0, 0.05) is 55.8 Å². The van der Waals surface area contributed by atoms with Crippen molar-refractivity contribution in [2.75, 3.05) is 24.5 Å². The van der Waals surface area contributed by atoms with Crippen LogP contribution in [0.15, 0.2) is 42.1 Å². The molecule has 4 aliphatic rings. The van der Waals surface area contributed by atoms with Crippen LogP contribution in [0, 0.1) is 10.8 Å². The minimum absolute atomic E-state index is 0.144. The summed E-state index contributed by atoms with van der Waals surface area (Å²) in [5.74, 6) is -2.03. The molecule has 3 heterocycles.